The minimum absolute atomic E-state index is 0.0932. The molecular weight excluding hydrogens is 326 g/mol. The maximum absolute atomic E-state index is 11.3. The van der Waals surface area contributed by atoms with Crippen molar-refractivity contribution >= 4 is 21.9 Å². The van der Waals surface area contributed by atoms with Crippen molar-refractivity contribution in [2.24, 2.45) is 7.05 Å². The van der Waals surface area contributed by atoms with E-state index in [1.807, 2.05) is 18.7 Å². The van der Waals surface area contributed by atoms with Crippen LogP contribution in [0.5, 0.6) is 0 Å². The van der Waals surface area contributed by atoms with E-state index in [1.165, 1.54) is 7.11 Å². The number of halogens is 1. The van der Waals surface area contributed by atoms with Crippen molar-refractivity contribution in [2.45, 2.75) is 26.0 Å². The van der Waals surface area contributed by atoms with Gasteiger partial charge in [-0.1, -0.05) is 0 Å². The molecule has 0 aromatic carbocycles. The molecule has 7 heteroatoms. The molecule has 112 valence electrons. The Morgan fingerprint density at radius 1 is 1.60 bits per heavy atom. The van der Waals surface area contributed by atoms with E-state index in [9.17, 15) is 4.79 Å². The van der Waals surface area contributed by atoms with Crippen LogP contribution in [0.4, 0.5) is 0 Å². The van der Waals surface area contributed by atoms with Gasteiger partial charge in [0.25, 0.3) is 0 Å². The van der Waals surface area contributed by atoms with Gasteiger partial charge in [-0.3, -0.25) is 14.4 Å². The Labute approximate surface area is 127 Å². The fourth-order valence-electron chi connectivity index (χ4n) is 2.38. The summed E-state index contributed by atoms with van der Waals surface area (Å²) < 4.78 is 13.2. The molecule has 1 unspecified atom stereocenters. The van der Waals surface area contributed by atoms with Crippen LogP contribution in [0.2, 0.25) is 0 Å². The van der Waals surface area contributed by atoms with Crippen LogP contribution in [-0.2, 0) is 27.9 Å². The molecule has 1 aromatic rings. The van der Waals surface area contributed by atoms with E-state index < -0.39 is 0 Å². The lowest BCUT2D eigenvalue weighted by Crippen LogP contribution is -2.43. The SMILES string of the molecule is COC(=O)CC1CN(Cc2c(Br)c(C)nn2C)CCO1. The second-order valence-electron chi connectivity index (χ2n) is 4.98. The van der Waals surface area contributed by atoms with E-state index in [-0.39, 0.29) is 12.1 Å². The van der Waals surface area contributed by atoms with Crippen LogP contribution in [0.15, 0.2) is 4.47 Å². The average Bonchev–Trinajstić information content (AvgIpc) is 2.66. The highest BCUT2D eigenvalue weighted by Crippen LogP contribution is 2.22. The number of rotatable bonds is 4. The smallest absolute Gasteiger partial charge is 0.308 e. The molecule has 0 amide bonds. The minimum atomic E-state index is -0.227. The number of hydrogen-bond acceptors (Lipinski definition) is 5. The highest BCUT2D eigenvalue weighted by molar-refractivity contribution is 9.10. The molecule has 0 saturated carbocycles. The first-order chi connectivity index (χ1) is 9.51. The molecule has 1 aliphatic heterocycles. The van der Waals surface area contributed by atoms with Gasteiger partial charge in [-0.2, -0.15) is 5.10 Å². The predicted octanol–water partition coefficient (Wildman–Crippen LogP) is 1.25. The number of carbonyl (C=O) groups excluding carboxylic acids is 1. The van der Waals surface area contributed by atoms with Gasteiger partial charge in [0, 0.05) is 26.7 Å². The van der Waals surface area contributed by atoms with E-state index in [1.54, 1.807) is 0 Å². The second kappa shape index (κ2) is 6.69. The van der Waals surface area contributed by atoms with Gasteiger partial charge >= 0.3 is 5.97 Å². The van der Waals surface area contributed by atoms with E-state index in [0.29, 0.717) is 13.0 Å². The molecular formula is C13H20BrN3O3. The molecule has 1 atom stereocenters. The third-order valence-corrected chi connectivity index (χ3v) is 4.51. The van der Waals surface area contributed by atoms with E-state index in [4.69, 9.17) is 4.74 Å². The monoisotopic (exact) mass is 345 g/mol. The number of morpholine rings is 1. The molecule has 1 aliphatic rings. The van der Waals surface area contributed by atoms with Gasteiger partial charge in [0.05, 0.1) is 42.1 Å². The molecule has 2 heterocycles. The summed E-state index contributed by atoms with van der Waals surface area (Å²) in [5.74, 6) is -0.227. The summed E-state index contributed by atoms with van der Waals surface area (Å²) in [6, 6.07) is 0. The highest BCUT2D eigenvalue weighted by atomic mass is 79.9. The number of nitrogens with zero attached hydrogens (tertiary/aromatic N) is 3. The lowest BCUT2D eigenvalue weighted by molar-refractivity contribution is -0.145. The molecule has 20 heavy (non-hydrogen) atoms. The zero-order valence-corrected chi connectivity index (χ0v) is 13.6. The third-order valence-electron chi connectivity index (χ3n) is 3.48. The normalized spacial score (nSPS) is 20.1. The lowest BCUT2D eigenvalue weighted by Gasteiger charge is -2.32. The Hall–Kier alpha value is -0.920. The topological polar surface area (TPSA) is 56.6 Å². The standard InChI is InChI=1S/C13H20BrN3O3/c1-9-13(14)11(16(2)15-9)8-17-4-5-20-10(7-17)6-12(18)19-3/h10H,4-8H2,1-3H3. The van der Waals surface area contributed by atoms with Crippen LogP contribution in [0, 0.1) is 6.92 Å². The summed E-state index contributed by atoms with van der Waals surface area (Å²) in [4.78, 5) is 13.6. The minimum Gasteiger partial charge on any atom is -0.469 e. The molecule has 0 N–H and O–H groups in total. The van der Waals surface area contributed by atoms with Gasteiger partial charge in [-0.15, -0.1) is 0 Å². The van der Waals surface area contributed by atoms with Gasteiger partial charge in [-0.25, -0.2) is 0 Å². The van der Waals surface area contributed by atoms with Crippen molar-refractivity contribution in [1.29, 1.82) is 0 Å². The molecule has 0 aliphatic carbocycles. The summed E-state index contributed by atoms with van der Waals surface area (Å²) in [5.41, 5.74) is 2.13. The van der Waals surface area contributed by atoms with Crippen LogP contribution in [0.1, 0.15) is 17.8 Å². The Morgan fingerprint density at radius 2 is 2.35 bits per heavy atom. The van der Waals surface area contributed by atoms with Gasteiger partial charge in [-0.05, 0) is 22.9 Å². The first-order valence-corrected chi connectivity index (χ1v) is 7.39. The summed E-state index contributed by atoms with van der Waals surface area (Å²) in [5, 5.41) is 4.39. The van der Waals surface area contributed by atoms with Crippen LogP contribution in [0.25, 0.3) is 0 Å². The Balaban J connectivity index is 1.97. The maximum Gasteiger partial charge on any atom is 0.308 e. The summed E-state index contributed by atoms with van der Waals surface area (Å²) in [6.45, 7) is 4.99. The van der Waals surface area contributed by atoms with Gasteiger partial charge in [0.15, 0.2) is 0 Å². The number of methoxy groups -OCH3 is 1. The second-order valence-corrected chi connectivity index (χ2v) is 5.77. The van der Waals surface area contributed by atoms with Gasteiger partial charge < -0.3 is 9.47 Å². The number of hydrogen-bond donors (Lipinski definition) is 0. The molecule has 0 radical (unpaired) electrons. The molecule has 1 fully saturated rings. The average molecular weight is 346 g/mol. The molecule has 6 nitrogen and oxygen atoms in total. The summed E-state index contributed by atoms with van der Waals surface area (Å²) in [7, 11) is 3.35. The zero-order valence-electron chi connectivity index (χ0n) is 12.1. The maximum atomic E-state index is 11.3. The summed E-state index contributed by atoms with van der Waals surface area (Å²) >= 11 is 3.58. The lowest BCUT2D eigenvalue weighted by atomic mass is 10.2. The molecule has 2 rings (SSSR count). The number of carbonyl (C=O) groups is 1. The zero-order chi connectivity index (χ0) is 14.7. The third kappa shape index (κ3) is 3.59. The quantitative estimate of drug-likeness (QED) is 0.769. The van der Waals surface area contributed by atoms with Crippen molar-refractivity contribution in [3.63, 3.8) is 0 Å². The van der Waals surface area contributed by atoms with Crippen LogP contribution < -0.4 is 0 Å². The van der Waals surface area contributed by atoms with Crippen LogP contribution in [-0.4, -0.2) is 53.6 Å². The van der Waals surface area contributed by atoms with Gasteiger partial charge in [0.2, 0.25) is 0 Å². The number of ether oxygens (including phenoxy) is 2. The van der Waals surface area contributed by atoms with Crippen molar-refractivity contribution in [2.75, 3.05) is 26.8 Å². The molecule has 1 saturated heterocycles. The fourth-order valence-corrected chi connectivity index (χ4v) is 2.84. The van der Waals surface area contributed by atoms with Crippen LogP contribution >= 0.6 is 15.9 Å². The van der Waals surface area contributed by atoms with Crippen molar-refractivity contribution in [3.8, 4) is 0 Å². The predicted molar refractivity (Wildman–Crippen MR) is 77.3 cm³/mol. The number of aromatic nitrogens is 2. The van der Waals surface area contributed by atoms with E-state index >= 15 is 0 Å². The number of esters is 1. The Morgan fingerprint density at radius 3 is 2.95 bits per heavy atom. The number of aryl methyl sites for hydroxylation is 2. The molecule has 1 aromatic heterocycles. The first-order valence-electron chi connectivity index (χ1n) is 6.60. The Kier molecular flexibility index (Phi) is 5.17. The molecule has 0 spiro atoms. The van der Waals surface area contributed by atoms with Crippen molar-refractivity contribution in [1.82, 2.24) is 14.7 Å². The Bertz CT molecular complexity index is 489. The van der Waals surface area contributed by atoms with E-state index in [0.717, 1.165) is 35.5 Å². The largest absolute Gasteiger partial charge is 0.469 e. The van der Waals surface area contributed by atoms with Gasteiger partial charge in [0.1, 0.15) is 0 Å². The fraction of sp³-hybridized carbons (Fsp3) is 0.692. The van der Waals surface area contributed by atoms with E-state index in [2.05, 4.69) is 30.7 Å². The first kappa shape index (κ1) is 15.5. The van der Waals surface area contributed by atoms with Crippen molar-refractivity contribution in [3.05, 3.63) is 15.9 Å². The molecule has 0 bridgehead atoms. The van der Waals surface area contributed by atoms with Crippen molar-refractivity contribution < 1.29 is 14.3 Å². The van der Waals surface area contributed by atoms with Crippen LogP contribution in [0.3, 0.4) is 0 Å². The summed E-state index contributed by atoms with van der Waals surface area (Å²) in [6.07, 6.45) is 0.211. The highest BCUT2D eigenvalue weighted by Gasteiger charge is 2.24.